The van der Waals surface area contributed by atoms with Crippen LogP contribution < -0.4 is 4.90 Å². The fraction of sp³-hybridized carbons (Fsp3) is 0.538. The van der Waals surface area contributed by atoms with Crippen LogP contribution in [0.25, 0.3) is 0 Å². The van der Waals surface area contributed by atoms with E-state index in [1.807, 2.05) is 0 Å². The topological polar surface area (TPSA) is 56.7 Å². The number of nitrogens with zero attached hydrogens (tertiary/aromatic N) is 3. The minimum absolute atomic E-state index is 0.337. The van der Waals surface area contributed by atoms with Gasteiger partial charge in [0.25, 0.3) is 0 Å². The molecule has 2 rings (SSSR count). The summed E-state index contributed by atoms with van der Waals surface area (Å²) in [5.41, 5.74) is 1.07. The van der Waals surface area contributed by atoms with Gasteiger partial charge in [-0.3, -0.25) is 9.88 Å². The second-order valence-corrected chi connectivity index (χ2v) is 4.69. The van der Waals surface area contributed by atoms with Gasteiger partial charge in [0.1, 0.15) is 0 Å². The highest BCUT2D eigenvalue weighted by atomic mass is 16.4. The van der Waals surface area contributed by atoms with E-state index >= 15 is 0 Å². The average Bonchev–Trinajstić information content (AvgIpc) is 2.39. The lowest BCUT2D eigenvalue weighted by molar-refractivity contribution is 0.0697. The number of carboxylic acid groups (broad SMARTS) is 1. The lowest BCUT2D eigenvalue weighted by atomic mass is 10.1. The molecule has 0 amide bonds. The molecule has 1 aliphatic heterocycles. The van der Waals surface area contributed by atoms with E-state index in [-0.39, 0.29) is 0 Å². The first-order chi connectivity index (χ1) is 8.63. The number of carboxylic acids is 1. The minimum Gasteiger partial charge on any atom is -0.478 e. The van der Waals surface area contributed by atoms with Crippen LogP contribution in [0.3, 0.4) is 0 Å². The quantitative estimate of drug-likeness (QED) is 0.875. The van der Waals surface area contributed by atoms with Crippen LogP contribution in [0.1, 0.15) is 23.7 Å². The first-order valence-electron chi connectivity index (χ1n) is 6.26. The van der Waals surface area contributed by atoms with Gasteiger partial charge in [-0.15, -0.1) is 0 Å². The largest absolute Gasteiger partial charge is 0.478 e. The molecular weight excluding hydrogens is 230 g/mol. The molecule has 1 aliphatic rings. The van der Waals surface area contributed by atoms with Gasteiger partial charge in [0.15, 0.2) is 0 Å². The molecule has 0 radical (unpaired) electrons. The van der Waals surface area contributed by atoms with E-state index in [9.17, 15) is 9.90 Å². The molecule has 98 valence electrons. The summed E-state index contributed by atoms with van der Waals surface area (Å²) >= 11 is 0. The molecular formula is C13H19N3O2. The first kappa shape index (κ1) is 12.8. The monoisotopic (exact) mass is 249 g/mol. The maximum Gasteiger partial charge on any atom is 0.337 e. The Hall–Kier alpha value is -1.62. The van der Waals surface area contributed by atoms with Crippen molar-refractivity contribution in [2.45, 2.75) is 19.4 Å². The Morgan fingerprint density at radius 3 is 3.00 bits per heavy atom. The molecule has 0 bridgehead atoms. The van der Waals surface area contributed by atoms with E-state index in [0.717, 1.165) is 31.7 Å². The molecule has 5 nitrogen and oxygen atoms in total. The third-order valence-electron chi connectivity index (χ3n) is 3.62. The Morgan fingerprint density at radius 2 is 2.33 bits per heavy atom. The zero-order chi connectivity index (χ0) is 13.1. The number of hydrogen-bond acceptors (Lipinski definition) is 4. The number of pyridine rings is 1. The van der Waals surface area contributed by atoms with Crippen molar-refractivity contribution in [1.29, 1.82) is 0 Å². The van der Waals surface area contributed by atoms with Crippen LogP contribution in [0.5, 0.6) is 0 Å². The zero-order valence-electron chi connectivity index (χ0n) is 10.8. The molecule has 1 aromatic heterocycles. The summed E-state index contributed by atoms with van der Waals surface area (Å²) in [5, 5.41) is 9.21. The number of rotatable bonds is 3. The summed E-state index contributed by atoms with van der Waals surface area (Å²) in [7, 11) is 2.12. The van der Waals surface area contributed by atoms with Crippen LogP contribution in [0.2, 0.25) is 0 Å². The van der Waals surface area contributed by atoms with Crippen LogP contribution in [0.15, 0.2) is 18.5 Å². The van der Waals surface area contributed by atoms with Gasteiger partial charge in [-0.05, 0) is 19.5 Å². The lowest BCUT2D eigenvalue weighted by Crippen LogP contribution is -2.51. The highest BCUT2D eigenvalue weighted by Crippen LogP contribution is 2.23. The normalized spacial score (nSPS) is 21.0. The summed E-state index contributed by atoms with van der Waals surface area (Å²) in [4.78, 5) is 19.7. The molecule has 1 atom stereocenters. The highest BCUT2D eigenvalue weighted by molar-refractivity contribution is 5.94. The number of likely N-dealkylation sites (N-methyl/N-ethyl adjacent to an activating group) is 1. The van der Waals surface area contributed by atoms with Gasteiger partial charge in [0.2, 0.25) is 0 Å². The molecule has 0 saturated carbocycles. The zero-order valence-corrected chi connectivity index (χ0v) is 10.8. The van der Waals surface area contributed by atoms with Gasteiger partial charge >= 0.3 is 5.97 Å². The first-order valence-corrected chi connectivity index (χ1v) is 6.26. The summed E-state index contributed by atoms with van der Waals surface area (Å²) in [6.07, 6.45) is 4.25. The van der Waals surface area contributed by atoms with Crippen LogP contribution in [-0.2, 0) is 0 Å². The van der Waals surface area contributed by atoms with Crippen LogP contribution in [-0.4, -0.2) is 53.7 Å². The van der Waals surface area contributed by atoms with Gasteiger partial charge in [-0.1, -0.05) is 6.92 Å². The fourth-order valence-electron chi connectivity index (χ4n) is 2.42. The molecule has 0 spiro atoms. The Bertz CT molecular complexity index is 436. The van der Waals surface area contributed by atoms with Crippen molar-refractivity contribution in [2.24, 2.45) is 0 Å². The molecule has 5 heteroatoms. The van der Waals surface area contributed by atoms with Gasteiger partial charge < -0.3 is 10.0 Å². The van der Waals surface area contributed by atoms with Crippen molar-refractivity contribution in [1.82, 2.24) is 9.88 Å². The number of piperazine rings is 1. The molecule has 0 aliphatic carbocycles. The Labute approximate surface area is 107 Å². The van der Waals surface area contributed by atoms with Crippen LogP contribution in [0, 0.1) is 0 Å². The third kappa shape index (κ3) is 2.46. The Kier molecular flexibility index (Phi) is 3.81. The second-order valence-electron chi connectivity index (χ2n) is 4.69. The molecule has 1 fully saturated rings. The number of aromatic nitrogens is 1. The average molecular weight is 249 g/mol. The highest BCUT2D eigenvalue weighted by Gasteiger charge is 2.25. The van der Waals surface area contributed by atoms with Crippen molar-refractivity contribution < 1.29 is 9.90 Å². The van der Waals surface area contributed by atoms with E-state index in [1.54, 1.807) is 12.3 Å². The molecule has 1 aromatic rings. The SMILES string of the molecule is CCC1CN(c2cnccc2C(=O)O)CCN1C. The lowest BCUT2D eigenvalue weighted by Gasteiger charge is -2.40. The molecule has 0 aromatic carbocycles. The van der Waals surface area contributed by atoms with E-state index in [1.165, 1.54) is 6.20 Å². The van der Waals surface area contributed by atoms with Gasteiger partial charge in [-0.25, -0.2) is 4.79 Å². The van der Waals surface area contributed by atoms with Crippen LogP contribution in [0.4, 0.5) is 5.69 Å². The molecule has 1 N–H and O–H groups in total. The molecule has 1 unspecified atom stereocenters. The van der Waals surface area contributed by atoms with E-state index in [2.05, 4.69) is 28.8 Å². The molecule has 2 heterocycles. The van der Waals surface area contributed by atoms with E-state index in [4.69, 9.17) is 0 Å². The van der Waals surface area contributed by atoms with E-state index in [0.29, 0.717) is 11.6 Å². The van der Waals surface area contributed by atoms with Crippen molar-refractivity contribution in [3.05, 3.63) is 24.0 Å². The van der Waals surface area contributed by atoms with Crippen molar-refractivity contribution in [3.8, 4) is 0 Å². The van der Waals surface area contributed by atoms with Gasteiger partial charge in [0.05, 0.1) is 17.4 Å². The minimum atomic E-state index is -0.889. The van der Waals surface area contributed by atoms with Crippen molar-refractivity contribution in [2.75, 3.05) is 31.6 Å². The van der Waals surface area contributed by atoms with Crippen LogP contribution >= 0.6 is 0 Å². The summed E-state index contributed by atoms with van der Waals surface area (Å²) < 4.78 is 0. The van der Waals surface area contributed by atoms with Crippen molar-refractivity contribution in [3.63, 3.8) is 0 Å². The standard InChI is InChI=1S/C13H19N3O2/c1-3-10-9-16(7-6-15(10)2)12-8-14-5-4-11(12)13(17)18/h4-5,8,10H,3,6-7,9H2,1-2H3,(H,17,18). The number of anilines is 1. The molecule has 18 heavy (non-hydrogen) atoms. The maximum absolute atomic E-state index is 11.2. The summed E-state index contributed by atoms with van der Waals surface area (Å²) in [6.45, 7) is 4.82. The molecule has 1 saturated heterocycles. The predicted octanol–water partition coefficient (Wildman–Crippen LogP) is 1.31. The predicted molar refractivity (Wildman–Crippen MR) is 70.1 cm³/mol. The third-order valence-corrected chi connectivity index (χ3v) is 3.62. The second kappa shape index (κ2) is 5.35. The smallest absolute Gasteiger partial charge is 0.337 e. The summed E-state index contributed by atoms with van der Waals surface area (Å²) in [6, 6.07) is 2.04. The van der Waals surface area contributed by atoms with Crippen molar-refractivity contribution >= 4 is 11.7 Å². The van der Waals surface area contributed by atoms with Gasteiger partial charge in [-0.2, -0.15) is 0 Å². The van der Waals surface area contributed by atoms with E-state index < -0.39 is 5.97 Å². The number of hydrogen-bond donors (Lipinski definition) is 1. The maximum atomic E-state index is 11.2. The fourth-order valence-corrected chi connectivity index (χ4v) is 2.42. The summed E-state index contributed by atoms with van der Waals surface area (Å²) in [5.74, 6) is -0.889. The number of aromatic carboxylic acids is 1. The Balaban J connectivity index is 2.24. The number of carbonyl (C=O) groups is 1. The van der Waals surface area contributed by atoms with Gasteiger partial charge in [0, 0.05) is 31.9 Å². The Morgan fingerprint density at radius 1 is 1.56 bits per heavy atom.